The van der Waals surface area contributed by atoms with Crippen LogP contribution in [0.3, 0.4) is 0 Å². The lowest BCUT2D eigenvalue weighted by molar-refractivity contribution is -0.0498. The number of benzene rings is 3. The Morgan fingerprint density at radius 1 is 0.879 bits per heavy atom. The minimum Gasteiger partial charge on any atom is -0.452 e. The molecule has 0 saturated carbocycles. The van der Waals surface area contributed by atoms with Crippen LogP contribution in [-0.4, -0.2) is 34.8 Å². The molecule has 7 nitrogen and oxygen atoms in total. The quantitative estimate of drug-likeness (QED) is 0.312. The standard InChI is InChI=1S/C24H16F2N2O5/c25-24(26)33-17-12-10-15(11-13-17)20(29)14-32-23(31)21-18-8-4-5-9-19(18)22(30)28(27-21)16-6-2-1-3-7-16/h1-13,24H,14H2. The van der Waals surface area contributed by atoms with Gasteiger partial charge in [-0.2, -0.15) is 18.6 Å². The van der Waals surface area contributed by atoms with Crippen molar-refractivity contribution in [2.45, 2.75) is 6.61 Å². The molecule has 4 rings (SSSR count). The molecule has 0 bridgehead atoms. The van der Waals surface area contributed by atoms with Crippen LogP contribution < -0.4 is 10.3 Å². The molecule has 166 valence electrons. The third kappa shape index (κ3) is 4.77. The molecule has 4 aromatic rings. The number of aromatic nitrogens is 2. The molecule has 9 heteroatoms. The summed E-state index contributed by atoms with van der Waals surface area (Å²) in [5.41, 5.74) is 0.0824. The van der Waals surface area contributed by atoms with E-state index in [1.165, 1.54) is 24.3 Å². The zero-order valence-electron chi connectivity index (χ0n) is 17.0. The maximum absolute atomic E-state index is 12.9. The number of fused-ring (bicyclic) bond motifs is 1. The highest BCUT2D eigenvalue weighted by atomic mass is 19.3. The third-order valence-electron chi connectivity index (χ3n) is 4.73. The van der Waals surface area contributed by atoms with Crippen molar-refractivity contribution in [3.05, 3.63) is 100 Å². The predicted molar refractivity (Wildman–Crippen MR) is 115 cm³/mol. The lowest BCUT2D eigenvalue weighted by Gasteiger charge is -2.11. The molecule has 0 unspecified atom stereocenters. The van der Waals surface area contributed by atoms with Gasteiger partial charge in [0.1, 0.15) is 5.75 Å². The predicted octanol–water partition coefficient (Wildman–Crippen LogP) is 4.03. The summed E-state index contributed by atoms with van der Waals surface area (Å²) in [4.78, 5) is 38.1. The normalized spacial score (nSPS) is 10.9. The largest absolute Gasteiger partial charge is 0.452 e. The first kappa shape index (κ1) is 21.8. The highest BCUT2D eigenvalue weighted by molar-refractivity contribution is 6.04. The fourth-order valence-corrected chi connectivity index (χ4v) is 3.19. The number of alkyl halides is 2. The summed E-state index contributed by atoms with van der Waals surface area (Å²) in [6, 6.07) is 20.0. The van der Waals surface area contributed by atoms with Crippen molar-refractivity contribution in [1.29, 1.82) is 0 Å². The van der Waals surface area contributed by atoms with Gasteiger partial charge in [-0.05, 0) is 42.5 Å². The summed E-state index contributed by atoms with van der Waals surface area (Å²) < 4.78 is 35.0. The summed E-state index contributed by atoms with van der Waals surface area (Å²) in [6.45, 7) is -3.58. The van der Waals surface area contributed by atoms with Crippen LogP contribution in [0.15, 0.2) is 83.7 Å². The van der Waals surface area contributed by atoms with Crippen molar-refractivity contribution < 1.29 is 27.8 Å². The SMILES string of the molecule is O=C(COC(=O)c1nn(-c2ccccc2)c(=O)c2ccccc12)c1ccc(OC(F)F)cc1. The summed E-state index contributed by atoms with van der Waals surface area (Å²) in [6.07, 6.45) is 0. The lowest BCUT2D eigenvalue weighted by atomic mass is 10.1. The van der Waals surface area contributed by atoms with Gasteiger partial charge in [0.2, 0.25) is 0 Å². The molecular formula is C24H16F2N2O5. The van der Waals surface area contributed by atoms with Crippen LogP contribution in [-0.2, 0) is 4.74 Å². The van der Waals surface area contributed by atoms with Gasteiger partial charge in [0.15, 0.2) is 18.1 Å². The average Bonchev–Trinajstić information content (AvgIpc) is 2.83. The van der Waals surface area contributed by atoms with Gasteiger partial charge in [0.05, 0.1) is 11.1 Å². The van der Waals surface area contributed by atoms with Crippen LogP contribution in [0.4, 0.5) is 8.78 Å². The molecule has 0 aliphatic rings. The molecule has 0 amide bonds. The maximum Gasteiger partial charge on any atom is 0.387 e. The van der Waals surface area contributed by atoms with Gasteiger partial charge < -0.3 is 9.47 Å². The van der Waals surface area contributed by atoms with Gasteiger partial charge in [-0.1, -0.05) is 36.4 Å². The minimum atomic E-state index is -2.98. The van der Waals surface area contributed by atoms with E-state index in [9.17, 15) is 23.2 Å². The lowest BCUT2D eigenvalue weighted by Crippen LogP contribution is -2.25. The number of carbonyl (C=O) groups excluding carboxylic acids is 2. The molecule has 0 spiro atoms. The fraction of sp³-hybridized carbons (Fsp3) is 0.0833. The zero-order chi connectivity index (χ0) is 23.4. The monoisotopic (exact) mass is 450 g/mol. The number of hydrogen-bond acceptors (Lipinski definition) is 6. The van der Waals surface area contributed by atoms with Crippen molar-refractivity contribution in [3.63, 3.8) is 0 Å². The zero-order valence-corrected chi connectivity index (χ0v) is 17.0. The fourth-order valence-electron chi connectivity index (χ4n) is 3.19. The maximum atomic E-state index is 12.9. The number of Topliss-reactive ketones (excluding diaryl/α,β-unsaturated/α-hetero) is 1. The topological polar surface area (TPSA) is 87.5 Å². The Bertz CT molecular complexity index is 1370. The van der Waals surface area contributed by atoms with Crippen molar-refractivity contribution in [1.82, 2.24) is 9.78 Å². The Kier molecular flexibility index (Phi) is 6.21. The van der Waals surface area contributed by atoms with Crippen LogP contribution in [0.5, 0.6) is 5.75 Å². The summed E-state index contributed by atoms with van der Waals surface area (Å²) in [5.74, 6) is -1.54. The van der Waals surface area contributed by atoms with E-state index >= 15 is 0 Å². The number of ether oxygens (including phenoxy) is 2. The van der Waals surface area contributed by atoms with E-state index in [-0.39, 0.29) is 22.4 Å². The molecule has 0 radical (unpaired) electrons. The molecule has 1 aromatic heterocycles. The van der Waals surface area contributed by atoms with Crippen molar-refractivity contribution in [3.8, 4) is 11.4 Å². The molecule has 33 heavy (non-hydrogen) atoms. The molecule has 0 atom stereocenters. The van der Waals surface area contributed by atoms with E-state index in [0.717, 1.165) is 4.68 Å². The first-order chi connectivity index (χ1) is 15.9. The third-order valence-corrected chi connectivity index (χ3v) is 4.73. The number of carbonyl (C=O) groups is 2. The van der Waals surface area contributed by atoms with Crippen LogP contribution >= 0.6 is 0 Å². The van der Waals surface area contributed by atoms with Crippen molar-refractivity contribution in [2.24, 2.45) is 0 Å². The second-order valence-electron chi connectivity index (χ2n) is 6.85. The highest BCUT2D eigenvalue weighted by Gasteiger charge is 2.20. The first-order valence-corrected chi connectivity index (χ1v) is 9.77. The molecule has 0 fully saturated rings. The second-order valence-corrected chi connectivity index (χ2v) is 6.85. The molecule has 0 aliphatic carbocycles. The Hall–Kier alpha value is -4.40. The van der Waals surface area contributed by atoms with Gasteiger partial charge in [-0.15, -0.1) is 0 Å². The average molecular weight is 450 g/mol. The first-order valence-electron chi connectivity index (χ1n) is 9.77. The van der Waals surface area contributed by atoms with Gasteiger partial charge in [-0.3, -0.25) is 9.59 Å². The van der Waals surface area contributed by atoms with Crippen molar-refractivity contribution in [2.75, 3.05) is 6.61 Å². The number of ketones is 1. The van der Waals surface area contributed by atoms with E-state index in [4.69, 9.17) is 4.74 Å². The van der Waals surface area contributed by atoms with Crippen molar-refractivity contribution >= 4 is 22.5 Å². The number of para-hydroxylation sites is 1. The second kappa shape index (κ2) is 9.39. The Labute approximate surface area is 185 Å². The Balaban J connectivity index is 1.59. The van der Waals surface area contributed by atoms with Gasteiger partial charge >= 0.3 is 12.6 Å². The summed E-state index contributed by atoms with van der Waals surface area (Å²) >= 11 is 0. The number of nitrogens with zero attached hydrogens (tertiary/aromatic N) is 2. The number of hydrogen-bond donors (Lipinski definition) is 0. The summed E-state index contributed by atoms with van der Waals surface area (Å²) in [5, 5.41) is 4.75. The molecular weight excluding hydrogens is 434 g/mol. The van der Waals surface area contributed by atoms with Crippen LogP contribution in [0.2, 0.25) is 0 Å². The number of esters is 1. The van der Waals surface area contributed by atoms with Gasteiger partial charge in [0.25, 0.3) is 5.56 Å². The van der Waals surface area contributed by atoms with Crippen LogP contribution in [0, 0.1) is 0 Å². The van der Waals surface area contributed by atoms with E-state index in [2.05, 4.69) is 9.84 Å². The van der Waals surface area contributed by atoms with Crippen LogP contribution in [0.1, 0.15) is 20.8 Å². The minimum absolute atomic E-state index is 0.0996. The molecule has 0 N–H and O–H groups in total. The highest BCUT2D eigenvalue weighted by Crippen LogP contribution is 2.18. The Morgan fingerprint density at radius 3 is 2.18 bits per heavy atom. The van der Waals surface area contributed by atoms with E-state index < -0.39 is 30.5 Å². The Morgan fingerprint density at radius 2 is 1.52 bits per heavy atom. The van der Waals surface area contributed by atoms with Crippen LogP contribution in [0.25, 0.3) is 16.5 Å². The summed E-state index contributed by atoms with van der Waals surface area (Å²) in [7, 11) is 0. The number of rotatable bonds is 7. The van der Waals surface area contributed by atoms with Gasteiger partial charge in [-0.25, -0.2) is 4.79 Å². The molecule has 0 saturated heterocycles. The van der Waals surface area contributed by atoms with E-state index in [1.807, 2.05) is 0 Å². The van der Waals surface area contributed by atoms with E-state index in [0.29, 0.717) is 11.1 Å². The van der Waals surface area contributed by atoms with Gasteiger partial charge in [0, 0.05) is 10.9 Å². The van der Waals surface area contributed by atoms with E-state index in [1.54, 1.807) is 54.6 Å². The number of halogens is 2. The smallest absolute Gasteiger partial charge is 0.387 e. The molecule has 1 heterocycles. The molecule has 3 aromatic carbocycles. The molecule has 0 aliphatic heterocycles.